The summed E-state index contributed by atoms with van der Waals surface area (Å²) >= 11 is 0. The molecule has 0 amide bonds. The molecular weight excluding hydrogens is 164 g/mol. The van der Waals surface area contributed by atoms with Crippen LogP contribution in [0.4, 0.5) is 0 Å². The average molecular weight is 178 g/mol. The summed E-state index contributed by atoms with van der Waals surface area (Å²) in [5.41, 5.74) is 6.90. The lowest BCUT2D eigenvalue weighted by Gasteiger charge is -2.37. The second kappa shape index (κ2) is 3.00. The third kappa shape index (κ3) is 1.40. The van der Waals surface area contributed by atoms with Crippen molar-refractivity contribution in [3.8, 4) is 5.75 Å². The van der Waals surface area contributed by atoms with Crippen molar-refractivity contribution in [1.82, 2.24) is 4.98 Å². The Bertz CT molecular complexity index is 308. The highest BCUT2D eigenvalue weighted by atomic mass is 16.5. The molecule has 0 spiro atoms. The Hall–Kier alpha value is -1.09. The van der Waals surface area contributed by atoms with Gasteiger partial charge in [0, 0.05) is 12.3 Å². The average Bonchev–Trinajstić information content (AvgIpc) is 2.14. The van der Waals surface area contributed by atoms with Gasteiger partial charge in [-0.3, -0.25) is 4.98 Å². The zero-order valence-corrected chi connectivity index (χ0v) is 7.79. The minimum absolute atomic E-state index is 0.186. The molecule has 70 valence electrons. The van der Waals surface area contributed by atoms with E-state index in [1.165, 1.54) is 6.42 Å². The van der Waals surface area contributed by atoms with E-state index in [1.54, 1.807) is 13.3 Å². The van der Waals surface area contributed by atoms with Crippen LogP contribution in [0.1, 0.15) is 25.0 Å². The summed E-state index contributed by atoms with van der Waals surface area (Å²) in [6.07, 6.45) is 5.02. The van der Waals surface area contributed by atoms with E-state index in [1.807, 2.05) is 12.1 Å². The van der Waals surface area contributed by atoms with Gasteiger partial charge in [0.25, 0.3) is 0 Å². The molecule has 0 aliphatic heterocycles. The van der Waals surface area contributed by atoms with Crippen LogP contribution in [0.3, 0.4) is 0 Å². The van der Waals surface area contributed by atoms with E-state index in [0.717, 1.165) is 24.3 Å². The smallest absolute Gasteiger partial charge is 0.122 e. The SMILES string of the molecule is COc1ccnc(C2(N)CCC2)c1. The molecule has 0 radical (unpaired) electrons. The molecule has 0 bridgehead atoms. The van der Waals surface area contributed by atoms with E-state index in [4.69, 9.17) is 10.5 Å². The number of hydrogen-bond acceptors (Lipinski definition) is 3. The highest BCUT2D eigenvalue weighted by Gasteiger charge is 2.35. The predicted octanol–water partition coefficient (Wildman–Crippen LogP) is 1.43. The first-order chi connectivity index (χ1) is 6.24. The van der Waals surface area contributed by atoms with Crippen LogP contribution in [0, 0.1) is 0 Å². The maximum atomic E-state index is 6.13. The molecule has 1 aliphatic rings. The molecule has 1 aliphatic carbocycles. The summed E-state index contributed by atoms with van der Waals surface area (Å²) in [4.78, 5) is 4.28. The topological polar surface area (TPSA) is 48.1 Å². The summed E-state index contributed by atoms with van der Waals surface area (Å²) in [5, 5.41) is 0. The molecule has 1 heterocycles. The molecule has 2 rings (SSSR count). The van der Waals surface area contributed by atoms with Gasteiger partial charge >= 0.3 is 0 Å². The summed E-state index contributed by atoms with van der Waals surface area (Å²) in [6, 6.07) is 3.77. The molecule has 1 saturated carbocycles. The number of rotatable bonds is 2. The molecule has 1 aromatic rings. The van der Waals surface area contributed by atoms with Gasteiger partial charge in [0.1, 0.15) is 5.75 Å². The Labute approximate surface area is 77.9 Å². The first kappa shape index (κ1) is 8.51. The lowest BCUT2D eigenvalue weighted by Crippen LogP contribution is -2.43. The number of nitrogens with zero attached hydrogens (tertiary/aromatic N) is 1. The number of pyridine rings is 1. The van der Waals surface area contributed by atoms with E-state index in [9.17, 15) is 0 Å². The van der Waals surface area contributed by atoms with E-state index in [-0.39, 0.29) is 5.54 Å². The van der Waals surface area contributed by atoms with Crippen molar-refractivity contribution in [3.05, 3.63) is 24.0 Å². The predicted molar refractivity (Wildman–Crippen MR) is 50.5 cm³/mol. The largest absolute Gasteiger partial charge is 0.497 e. The highest BCUT2D eigenvalue weighted by Crippen LogP contribution is 2.38. The maximum absolute atomic E-state index is 6.13. The Balaban J connectivity index is 2.29. The third-order valence-corrected chi connectivity index (χ3v) is 2.72. The van der Waals surface area contributed by atoms with Gasteiger partial charge in [0.15, 0.2) is 0 Å². The van der Waals surface area contributed by atoms with Crippen LogP contribution in [-0.4, -0.2) is 12.1 Å². The molecule has 2 N–H and O–H groups in total. The van der Waals surface area contributed by atoms with Gasteiger partial charge in [0.2, 0.25) is 0 Å². The van der Waals surface area contributed by atoms with E-state index in [0.29, 0.717) is 0 Å². The quantitative estimate of drug-likeness (QED) is 0.745. The van der Waals surface area contributed by atoms with Crippen LogP contribution < -0.4 is 10.5 Å². The van der Waals surface area contributed by atoms with Gasteiger partial charge in [0.05, 0.1) is 18.3 Å². The van der Waals surface area contributed by atoms with Crippen LogP contribution >= 0.6 is 0 Å². The fourth-order valence-electron chi connectivity index (χ4n) is 1.62. The molecule has 3 nitrogen and oxygen atoms in total. The Morgan fingerprint density at radius 1 is 1.54 bits per heavy atom. The minimum atomic E-state index is -0.186. The van der Waals surface area contributed by atoms with Crippen molar-refractivity contribution in [3.63, 3.8) is 0 Å². The second-order valence-corrected chi connectivity index (χ2v) is 3.59. The molecule has 3 heteroatoms. The normalized spacial score (nSPS) is 19.2. The molecule has 13 heavy (non-hydrogen) atoms. The molecule has 1 aromatic heterocycles. The Kier molecular flexibility index (Phi) is 1.96. The summed E-state index contributed by atoms with van der Waals surface area (Å²) in [5.74, 6) is 0.835. The lowest BCUT2D eigenvalue weighted by atomic mass is 9.75. The third-order valence-electron chi connectivity index (χ3n) is 2.72. The van der Waals surface area contributed by atoms with Crippen LogP contribution in [-0.2, 0) is 5.54 Å². The van der Waals surface area contributed by atoms with E-state index in [2.05, 4.69) is 4.98 Å². The zero-order valence-electron chi connectivity index (χ0n) is 7.79. The highest BCUT2D eigenvalue weighted by molar-refractivity contribution is 5.28. The van der Waals surface area contributed by atoms with Crippen LogP contribution in [0.15, 0.2) is 18.3 Å². The number of hydrogen-bond donors (Lipinski definition) is 1. The van der Waals surface area contributed by atoms with Gasteiger partial charge in [-0.2, -0.15) is 0 Å². The standard InChI is InChI=1S/C10H14N2O/c1-13-8-3-6-12-9(7-8)10(11)4-2-5-10/h3,6-7H,2,4-5,11H2,1H3. The molecule has 0 aromatic carbocycles. The van der Waals surface area contributed by atoms with Gasteiger partial charge in [-0.1, -0.05) is 0 Å². The Morgan fingerprint density at radius 2 is 2.31 bits per heavy atom. The van der Waals surface area contributed by atoms with Crippen LogP contribution in [0.2, 0.25) is 0 Å². The van der Waals surface area contributed by atoms with Gasteiger partial charge in [-0.05, 0) is 25.3 Å². The van der Waals surface area contributed by atoms with Gasteiger partial charge in [-0.15, -0.1) is 0 Å². The van der Waals surface area contributed by atoms with Crippen LogP contribution in [0.25, 0.3) is 0 Å². The molecule has 1 fully saturated rings. The first-order valence-electron chi connectivity index (χ1n) is 4.54. The summed E-state index contributed by atoms with van der Waals surface area (Å²) in [6.45, 7) is 0. The first-order valence-corrected chi connectivity index (χ1v) is 4.54. The fraction of sp³-hybridized carbons (Fsp3) is 0.500. The zero-order chi connectivity index (χ0) is 9.31. The van der Waals surface area contributed by atoms with Crippen molar-refractivity contribution in [2.24, 2.45) is 5.73 Å². The molecule has 0 saturated heterocycles. The van der Waals surface area contributed by atoms with Crippen molar-refractivity contribution < 1.29 is 4.74 Å². The van der Waals surface area contributed by atoms with Crippen LogP contribution in [0.5, 0.6) is 5.75 Å². The second-order valence-electron chi connectivity index (χ2n) is 3.59. The lowest BCUT2D eigenvalue weighted by molar-refractivity contribution is 0.245. The number of ether oxygens (including phenoxy) is 1. The van der Waals surface area contributed by atoms with Gasteiger partial charge in [-0.25, -0.2) is 0 Å². The van der Waals surface area contributed by atoms with Crippen molar-refractivity contribution in [2.75, 3.05) is 7.11 Å². The summed E-state index contributed by atoms with van der Waals surface area (Å²) < 4.78 is 5.12. The van der Waals surface area contributed by atoms with Crippen molar-refractivity contribution in [1.29, 1.82) is 0 Å². The monoisotopic (exact) mass is 178 g/mol. The minimum Gasteiger partial charge on any atom is -0.497 e. The molecule has 0 unspecified atom stereocenters. The number of nitrogens with two attached hydrogens (primary N) is 1. The molecule has 0 atom stereocenters. The Morgan fingerprint density at radius 3 is 2.85 bits per heavy atom. The van der Waals surface area contributed by atoms with Crippen molar-refractivity contribution in [2.45, 2.75) is 24.8 Å². The maximum Gasteiger partial charge on any atom is 0.122 e. The van der Waals surface area contributed by atoms with E-state index >= 15 is 0 Å². The van der Waals surface area contributed by atoms with E-state index < -0.39 is 0 Å². The van der Waals surface area contributed by atoms with Gasteiger partial charge < -0.3 is 10.5 Å². The number of methoxy groups -OCH3 is 1. The number of aromatic nitrogens is 1. The summed E-state index contributed by atoms with van der Waals surface area (Å²) in [7, 11) is 1.66. The van der Waals surface area contributed by atoms with Crippen molar-refractivity contribution >= 4 is 0 Å². The molecular formula is C10H14N2O. The fourth-order valence-corrected chi connectivity index (χ4v) is 1.62.